The minimum Gasteiger partial charge on any atom is -0.423 e. The average Bonchev–Trinajstić information content (AvgIpc) is 2.92. The maximum Gasteiger partial charge on any atom is 0.341 e. The molecular weight excluding hydrogens is 383 g/mol. The van der Waals surface area contributed by atoms with E-state index < -0.39 is 17.5 Å². The molecule has 2 aromatic heterocycles. The molecule has 1 N–H and O–H groups in total. The van der Waals surface area contributed by atoms with Gasteiger partial charge in [0, 0.05) is 24.4 Å². The van der Waals surface area contributed by atoms with Gasteiger partial charge in [0.2, 0.25) is 0 Å². The van der Waals surface area contributed by atoms with Gasteiger partial charge in [0.05, 0.1) is 6.20 Å². The van der Waals surface area contributed by atoms with Gasteiger partial charge in [-0.05, 0) is 46.9 Å². The Morgan fingerprint density at radius 2 is 2.10 bits per heavy atom. The Morgan fingerprint density at radius 1 is 1.43 bits per heavy atom. The Morgan fingerprint density at radius 3 is 2.67 bits per heavy atom. The van der Waals surface area contributed by atoms with E-state index in [1.807, 2.05) is 42.9 Å². The predicted molar refractivity (Wildman–Crippen MR) is 86.8 cm³/mol. The molecule has 2 heterocycles. The molecule has 0 saturated heterocycles. The Labute approximate surface area is 137 Å². The molecule has 0 spiro atoms. The summed E-state index contributed by atoms with van der Waals surface area (Å²) in [5.74, 6) is -0.341. The summed E-state index contributed by atoms with van der Waals surface area (Å²) in [7, 11) is 0. The minimum atomic E-state index is -1.22. The Balaban J connectivity index is 2.02. The van der Waals surface area contributed by atoms with E-state index in [-0.39, 0.29) is 0 Å². The fraction of sp³-hybridized carbons (Fsp3) is 0.333. The number of esters is 1. The van der Waals surface area contributed by atoms with Crippen molar-refractivity contribution in [3.05, 3.63) is 46.6 Å². The normalized spacial score (nSPS) is 13.0. The summed E-state index contributed by atoms with van der Waals surface area (Å²) in [4.78, 5) is 16.1. The number of ether oxygens (including phenoxy) is 1. The van der Waals surface area contributed by atoms with Gasteiger partial charge in [0.1, 0.15) is 9.45 Å². The van der Waals surface area contributed by atoms with Crippen molar-refractivity contribution in [2.45, 2.75) is 26.5 Å². The Bertz CT molecular complexity index is 594. The number of aliphatic hydroxyl groups excluding tert-OH is 1. The van der Waals surface area contributed by atoms with E-state index in [1.54, 1.807) is 12.1 Å². The van der Waals surface area contributed by atoms with Crippen molar-refractivity contribution in [2.75, 3.05) is 0 Å². The molecule has 0 aliphatic rings. The summed E-state index contributed by atoms with van der Waals surface area (Å²) in [6, 6.07) is 7.19. The van der Waals surface area contributed by atoms with Gasteiger partial charge < -0.3 is 14.4 Å². The third kappa shape index (κ3) is 4.28. The zero-order chi connectivity index (χ0) is 15.5. The van der Waals surface area contributed by atoms with E-state index in [9.17, 15) is 9.90 Å². The zero-order valence-corrected chi connectivity index (χ0v) is 14.0. The van der Waals surface area contributed by atoms with Crippen LogP contribution in [0.25, 0.3) is 0 Å². The van der Waals surface area contributed by atoms with Crippen LogP contribution in [0.4, 0.5) is 0 Å². The third-order valence-corrected chi connectivity index (χ3v) is 3.78. The van der Waals surface area contributed by atoms with Crippen molar-refractivity contribution in [2.24, 2.45) is 5.41 Å². The summed E-state index contributed by atoms with van der Waals surface area (Å²) in [5, 5.41) is 10.3. The fourth-order valence-corrected chi connectivity index (χ4v) is 2.27. The van der Waals surface area contributed by atoms with Crippen LogP contribution in [0.3, 0.4) is 0 Å². The van der Waals surface area contributed by atoms with E-state index in [1.165, 1.54) is 6.20 Å². The maximum absolute atomic E-state index is 12.1. The van der Waals surface area contributed by atoms with E-state index in [2.05, 4.69) is 27.6 Å². The van der Waals surface area contributed by atoms with Crippen LogP contribution in [0.2, 0.25) is 0 Å². The maximum atomic E-state index is 12.1. The van der Waals surface area contributed by atoms with Crippen molar-refractivity contribution in [1.29, 1.82) is 0 Å². The van der Waals surface area contributed by atoms with E-state index in [0.717, 1.165) is 3.70 Å². The molecule has 0 saturated carbocycles. The first-order valence-electron chi connectivity index (χ1n) is 6.50. The van der Waals surface area contributed by atoms with Crippen LogP contribution in [-0.4, -0.2) is 26.7 Å². The van der Waals surface area contributed by atoms with Crippen molar-refractivity contribution < 1.29 is 14.6 Å². The summed E-state index contributed by atoms with van der Waals surface area (Å²) in [6.45, 7) is 4.16. The number of rotatable bonds is 5. The summed E-state index contributed by atoms with van der Waals surface area (Å²) >= 11 is 2.06. The molecule has 0 bridgehead atoms. The second kappa shape index (κ2) is 6.57. The standard InChI is InChI=1S/C15H17IN2O3/c1-15(2,10-18-7-3-4-8-18)13(19)14(20)21-11-5-6-12(16)17-9-11/h3-9,13,19H,10H2,1-2H3. The monoisotopic (exact) mass is 400 g/mol. The Kier molecular flexibility index (Phi) is 5.00. The molecule has 2 aromatic rings. The van der Waals surface area contributed by atoms with Gasteiger partial charge in [-0.3, -0.25) is 0 Å². The van der Waals surface area contributed by atoms with Gasteiger partial charge >= 0.3 is 5.97 Å². The summed E-state index contributed by atoms with van der Waals surface area (Å²) in [6.07, 6.45) is 4.02. The predicted octanol–water partition coefficient (Wildman–Crippen LogP) is 2.48. The summed E-state index contributed by atoms with van der Waals surface area (Å²) in [5.41, 5.74) is -0.646. The number of hydrogen-bond donors (Lipinski definition) is 1. The van der Waals surface area contributed by atoms with Crippen LogP contribution in [-0.2, 0) is 11.3 Å². The van der Waals surface area contributed by atoms with E-state index >= 15 is 0 Å². The van der Waals surface area contributed by atoms with Crippen molar-refractivity contribution >= 4 is 28.6 Å². The number of hydrogen-bond acceptors (Lipinski definition) is 4. The molecule has 0 aromatic carbocycles. The quantitative estimate of drug-likeness (QED) is 0.476. The highest BCUT2D eigenvalue weighted by Crippen LogP contribution is 2.25. The number of carbonyl (C=O) groups is 1. The number of aromatic nitrogens is 2. The van der Waals surface area contributed by atoms with Gasteiger partial charge in [-0.15, -0.1) is 0 Å². The molecule has 2 rings (SSSR count). The first-order valence-corrected chi connectivity index (χ1v) is 7.58. The molecule has 112 valence electrons. The number of carbonyl (C=O) groups excluding carboxylic acids is 1. The largest absolute Gasteiger partial charge is 0.423 e. The van der Waals surface area contributed by atoms with Crippen LogP contribution in [0.5, 0.6) is 5.75 Å². The molecule has 1 atom stereocenters. The molecule has 0 amide bonds. The third-order valence-electron chi connectivity index (χ3n) is 3.14. The number of halogens is 1. The SMILES string of the molecule is CC(C)(Cn1cccc1)C(O)C(=O)Oc1ccc(I)nc1. The number of nitrogens with zero attached hydrogens (tertiary/aromatic N) is 2. The lowest BCUT2D eigenvalue weighted by Gasteiger charge is -2.29. The van der Waals surface area contributed by atoms with Crippen LogP contribution in [0.1, 0.15) is 13.8 Å². The number of pyridine rings is 1. The van der Waals surface area contributed by atoms with Gasteiger partial charge in [0.15, 0.2) is 6.10 Å². The highest BCUT2D eigenvalue weighted by Gasteiger charge is 2.35. The van der Waals surface area contributed by atoms with Crippen LogP contribution >= 0.6 is 22.6 Å². The van der Waals surface area contributed by atoms with E-state index in [4.69, 9.17) is 4.74 Å². The highest BCUT2D eigenvalue weighted by molar-refractivity contribution is 14.1. The second-order valence-electron chi connectivity index (χ2n) is 5.48. The van der Waals surface area contributed by atoms with E-state index in [0.29, 0.717) is 12.3 Å². The zero-order valence-electron chi connectivity index (χ0n) is 11.9. The van der Waals surface area contributed by atoms with Crippen molar-refractivity contribution in [3.63, 3.8) is 0 Å². The van der Waals surface area contributed by atoms with Crippen LogP contribution in [0, 0.1) is 9.12 Å². The summed E-state index contributed by atoms with van der Waals surface area (Å²) < 4.78 is 7.90. The van der Waals surface area contributed by atoms with Gasteiger partial charge in [0.25, 0.3) is 0 Å². The first kappa shape index (κ1) is 16.0. The van der Waals surface area contributed by atoms with Gasteiger partial charge in [-0.1, -0.05) is 13.8 Å². The van der Waals surface area contributed by atoms with Crippen LogP contribution in [0.15, 0.2) is 42.9 Å². The van der Waals surface area contributed by atoms with Crippen molar-refractivity contribution in [3.8, 4) is 5.75 Å². The lowest BCUT2D eigenvalue weighted by atomic mass is 9.86. The Hall–Kier alpha value is -1.41. The van der Waals surface area contributed by atoms with Gasteiger partial charge in [-0.2, -0.15) is 0 Å². The molecule has 1 unspecified atom stereocenters. The average molecular weight is 400 g/mol. The minimum absolute atomic E-state index is 0.330. The lowest BCUT2D eigenvalue weighted by Crippen LogP contribution is -2.41. The van der Waals surface area contributed by atoms with Gasteiger partial charge in [-0.25, -0.2) is 9.78 Å². The highest BCUT2D eigenvalue weighted by atomic mass is 127. The van der Waals surface area contributed by atoms with Crippen molar-refractivity contribution in [1.82, 2.24) is 9.55 Å². The molecule has 0 aliphatic carbocycles. The second-order valence-corrected chi connectivity index (χ2v) is 6.59. The smallest absolute Gasteiger partial charge is 0.341 e. The molecule has 0 aliphatic heterocycles. The fourth-order valence-electron chi connectivity index (χ4n) is 1.95. The number of aliphatic hydroxyl groups is 1. The molecule has 6 heteroatoms. The lowest BCUT2D eigenvalue weighted by molar-refractivity contribution is -0.150. The molecule has 21 heavy (non-hydrogen) atoms. The first-order chi connectivity index (χ1) is 9.88. The van der Waals surface area contributed by atoms with Crippen LogP contribution < -0.4 is 4.74 Å². The molecule has 5 nitrogen and oxygen atoms in total. The molecular formula is C15H17IN2O3. The molecule has 0 radical (unpaired) electrons. The topological polar surface area (TPSA) is 64.4 Å². The molecule has 0 fully saturated rings.